The number of aryl methyl sites for hydroxylation is 1. The lowest BCUT2D eigenvalue weighted by Crippen LogP contribution is -2.37. The Kier molecular flexibility index (Phi) is 6.16. The molecule has 1 amide bonds. The highest BCUT2D eigenvalue weighted by molar-refractivity contribution is 7.99. The van der Waals surface area contributed by atoms with Gasteiger partial charge in [0.15, 0.2) is 0 Å². The van der Waals surface area contributed by atoms with Crippen LogP contribution in [0.2, 0.25) is 0 Å². The van der Waals surface area contributed by atoms with E-state index in [-0.39, 0.29) is 11.9 Å². The molecule has 0 spiro atoms. The number of rotatable bonds is 5. The molecule has 25 heavy (non-hydrogen) atoms. The highest BCUT2D eigenvalue weighted by Gasteiger charge is 2.27. The Morgan fingerprint density at radius 1 is 1.00 bits per heavy atom. The average molecular weight is 355 g/mol. The quantitative estimate of drug-likeness (QED) is 0.759. The molecule has 1 heterocycles. The Labute approximate surface area is 155 Å². The fourth-order valence-electron chi connectivity index (χ4n) is 3.13. The number of carbonyl (C=O) groups excluding carboxylic acids is 1. The summed E-state index contributed by atoms with van der Waals surface area (Å²) in [5.41, 5.74) is 2.50. The monoisotopic (exact) mass is 354 g/mol. The largest absolute Gasteiger partial charge is 0.333 e. The van der Waals surface area contributed by atoms with Crippen LogP contribution in [0.15, 0.2) is 59.5 Å². The van der Waals surface area contributed by atoms with E-state index in [1.165, 1.54) is 16.0 Å². The molecule has 0 aliphatic carbocycles. The predicted molar refractivity (Wildman–Crippen MR) is 105 cm³/mol. The fourth-order valence-corrected chi connectivity index (χ4v) is 4.18. The summed E-state index contributed by atoms with van der Waals surface area (Å²) < 4.78 is 0. The molecule has 2 aromatic rings. The summed E-state index contributed by atoms with van der Waals surface area (Å²) in [5.74, 6) is 1.14. The number of benzene rings is 2. The van der Waals surface area contributed by atoms with Crippen LogP contribution < -0.4 is 0 Å². The molecule has 0 aromatic heterocycles. The van der Waals surface area contributed by atoms with Crippen LogP contribution in [0.3, 0.4) is 0 Å². The summed E-state index contributed by atoms with van der Waals surface area (Å²) in [6.07, 6.45) is 0.606. The first-order valence-corrected chi connectivity index (χ1v) is 9.84. The van der Waals surface area contributed by atoms with Crippen molar-refractivity contribution in [1.29, 1.82) is 0 Å². The Hall–Kier alpha value is -1.78. The molecule has 1 aliphatic heterocycles. The van der Waals surface area contributed by atoms with Crippen LogP contribution in [-0.4, -0.2) is 48.1 Å². The highest BCUT2D eigenvalue weighted by Crippen LogP contribution is 2.30. The minimum absolute atomic E-state index is 0.117. The van der Waals surface area contributed by atoms with Gasteiger partial charge in [-0.1, -0.05) is 48.0 Å². The third kappa shape index (κ3) is 4.86. The third-order valence-electron chi connectivity index (χ3n) is 4.74. The number of amides is 1. The van der Waals surface area contributed by atoms with Gasteiger partial charge in [0.2, 0.25) is 5.91 Å². The van der Waals surface area contributed by atoms with E-state index in [2.05, 4.69) is 72.3 Å². The van der Waals surface area contributed by atoms with Crippen molar-refractivity contribution in [3.05, 3.63) is 65.7 Å². The van der Waals surface area contributed by atoms with E-state index in [9.17, 15) is 4.79 Å². The Morgan fingerprint density at radius 2 is 1.72 bits per heavy atom. The van der Waals surface area contributed by atoms with Gasteiger partial charge in [-0.2, -0.15) is 0 Å². The fraction of sp³-hybridized carbons (Fsp3) is 0.381. The van der Waals surface area contributed by atoms with Crippen molar-refractivity contribution in [1.82, 2.24) is 9.80 Å². The molecule has 1 atom stereocenters. The van der Waals surface area contributed by atoms with Gasteiger partial charge >= 0.3 is 0 Å². The van der Waals surface area contributed by atoms with Crippen LogP contribution in [0, 0.1) is 6.92 Å². The van der Waals surface area contributed by atoms with Gasteiger partial charge in [-0.3, -0.25) is 4.79 Å². The van der Waals surface area contributed by atoms with E-state index in [0.29, 0.717) is 6.42 Å². The van der Waals surface area contributed by atoms with Gasteiger partial charge in [0.25, 0.3) is 0 Å². The summed E-state index contributed by atoms with van der Waals surface area (Å²) in [6, 6.07) is 19.2. The van der Waals surface area contributed by atoms with Crippen LogP contribution in [0.4, 0.5) is 0 Å². The van der Waals surface area contributed by atoms with Gasteiger partial charge in [0, 0.05) is 36.7 Å². The first-order valence-electron chi connectivity index (χ1n) is 8.86. The summed E-state index contributed by atoms with van der Waals surface area (Å²) in [5, 5.41) is 0. The van der Waals surface area contributed by atoms with Crippen molar-refractivity contribution in [3.63, 3.8) is 0 Å². The van der Waals surface area contributed by atoms with Crippen molar-refractivity contribution in [3.8, 4) is 0 Å². The molecule has 3 nitrogen and oxygen atoms in total. The van der Waals surface area contributed by atoms with Gasteiger partial charge in [-0.15, -0.1) is 11.8 Å². The molecule has 1 saturated heterocycles. The molecule has 1 aliphatic rings. The molecular weight excluding hydrogens is 328 g/mol. The van der Waals surface area contributed by atoms with E-state index >= 15 is 0 Å². The zero-order chi connectivity index (χ0) is 17.6. The normalized spacial score (nSPS) is 17.4. The van der Waals surface area contributed by atoms with Crippen LogP contribution >= 0.6 is 11.8 Å². The van der Waals surface area contributed by atoms with Crippen molar-refractivity contribution in [2.45, 2.75) is 24.3 Å². The minimum Gasteiger partial charge on any atom is -0.333 e. The van der Waals surface area contributed by atoms with Crippen molar-refractivity contribution in [2.75, 3.05) is 32.4 Å². The summed E-state index contributed by atoms with van der Waals surface area (Å²) >= 11 is 1.83. The van der Waals surface area contributed by atoms with Crippen molar-refractivity contribution >= 4 is 17.7 Å². The molecule has 0 N–H and O–H groups in total. The third-order valence-corrected chi connectivity index (χ3v) is 5.83. The lowest BCUT2D eigenvalue weighted by molar-refractivity contribution is -0.132. The standard InChI is InChI=1S/C21H26N2OS/c1-17-8-10-19(11-9-17)25-16-20(18-6-4-3-5-7-18)23-15-14-22(2)13-12-21(23)24/h3-11,20H,12-16H2,1-2H3/t20-/m0/s1. The van der Waals surface area contributed by atoms with Gasteiger partial charge < -0.3 is 9.80 Å². The van der Waals surface area contributed by atoms with Gasteiger partial charge in [0.1, 0.15) is 0 Å². The van der Waals surface area contributed by atoms with Crippen molar-refractivity contribution in [2.24, 2.45) is 0 Å². The number of likely N-dealkylation sites (N-methyl/N-ethyl adjacent to an activating group) is 1. The zero-order valence-electron chi connectivity index (χ0n) is 15.0. The molecule has 0 bridgehead atoms. The van der Waals surface area contributed by atoms with Crippen LogP contribution in [0.25, 0.3) is 0 Å². The predicted octanol–water partition coefficient (Wildman–Crippen LogP) is 3.99. The topological polar surface area (TPSA) is 23.6 Å². The maximum atomic E-state index is 12.7. The van der Waals surface area contributed by atoms with Crippen molar-refractivity contribution < 1.29 is 4.79 Å². The summed E-state index contributed by atoms with van der Waals surface area (Å²) in [7, 11) is 2.09. The molecule has 4 heteroatoms. The summed E-state index contributed by atoms with van der Waals surface area (Å²) in [6.45, 7) is 4.68. The molecule has 0 unspecified atom stereocenters. The maximum absolute atomic E-state index is 12.7. The van der Waals surface area contributed by atoms with E-state index in [0.717, 1.165) is 25.4 Å². The Morgan fingerprint density at radius 3 is 2.44 bits per heavy atom. The Balaban J connectivity index is 1.79. The lowest BCUT2D eigenvalue weighted by atomic mass is 10.1. The van der Waals surface area contributed by atoms with E-state index in [1.807, 2.05) is 17.8 Å². The van der Waals surface area contributed by atoms with Gasteiger partial charge in [0.05, 0.1) is 6.04 Å². The second-order valence-corrected chi connectivity index (χ2v) is 7.78. The first kappa shape index (κ1) is 18.0. The Bertz CT molecular complexity index is 687. The minimum atomic E-state index is 0.117. The molecule has 2 aromatic carbocycles. The lowest BCUT2D eigenvalue weighted by Gasteiger charge is -2.31. The summed E-state index contributed by atoms with van der Waals surface area (Å²) in [4.78, 5) is 18.3. The highest BCUT2D eigenvalue weighted by atomic mass is 32.2. The van der Waals surface area contributed by atoms with Crippen LogP contribution in [0.5, 0.6) is 0 Å². The maximum Gasteiger partial charge on any atom is 0.224 e. The molecule has 132 valence electrons. The molecule has 1 fully saturated rings. The number of hydrogen-bond donors (Lipinski definition) is 0. The number of carbonyl (C=O) groups is 1. The number of nitrogens with zero attached hydrogens (tertiary/aromatic N) is 2. The van der Waals surface area contributed by atoms with Gasteiger partial charge in [-0.05, 0) is 31.7 Å². The second-order valence-electron chi connectivity index (χ2n) is 6.69. The molecule has 0 radical (unpaired) electrons. The number of hydrogen-bond acceptors (Lipinski definition) is 3. The average Bonchev–Trinajstić information content (AvgIpc) is 2.80. The molecule has 3 rings (SSSR count). The SMILES string of the molecule is Cc1ccc(SC[C@@H](c2ccccc2)N2CCN(C)CCC2=O)cc1. The molecule has 0 saturated carbocycles. The van der Waals surface area contributed by atoms with E-state index in [1.54, 1.807) is 0 Å². The van der Waals surface area contributed by atoms with E-state index in [4.69, 9.17) is 0 Å². The van der Waals surface area contributed by atoms with Crippen LogP contribution in [0.1, 0.15) is 23.6 Å². The zero-order valence-corrected chi connectivity index (χ0v) is 15.8. The van der Waals surface area contributed by atoms with Gasteiger partial charge in [-0.25, -0.2) is 0 Å². The first-order chi connectivity index (χ1) is 12.1. The van der Waals surface area contributed by atoms with E-state index < -0.39 is 0 Å². The smallest absolute Gasteiger partial charge is 0.224 e. The number of thioether (sulfide) groups is 1. The second kappa shape index (κ2) is 8.54. The van der Waals surface area contributed by atoms with Crippen LogP contribution in [-0.2, 0) is 4.79 Å². The molecular formula is C21H26N2OS.